The third-order valence-corrected chi connectivity index (χ3v) is 2.97. The minimum Gasteiger partial charge on any atom is -0.508 e. The third-order valence-electron chi connectivity index (χ3n) is 2.64. The zero-order chi connectivity index (χ0) is 12.4. The molecule has 1 N–H and O–H groups in total. The van der Waals surface area contributed by atoms with Crippen molar-refractivity contribution in [3.63, 3.8) is 0 Å². The van der Waals surface area contributed by atoms with E-state index in [4.69, 9.17) is 11.6 Å². The molecule has 0 aliphatic heterocycles. The molecule has 0 saturated carbocycles. The predicted molar refractivity (Wildman–Crippen MR) is 72.9 cm³/mol. The molecular weight excluding hydrogens is 234 g/mol. The number of hydrogen-bond acceptors (Lipinski definition) is 2. The number of anilines is 1. The van der Waals surface area contributed by atoms with Gasteiger partial charge in [-0.2, -0.15) is 0 Å². The molecule has 0 unspecified atom stereocenters. The summed E-state index contributed by atoms with van der Waals surface area (Å²) in [6.45, 7) is 0. The molecule has 17 heavy (non-hydrogen) atoms. The topological polar surface area (TPSA) is 23.5 Å². The van der Waals surface area contributed by atoms with Gasteiger partial charge in [0.05, 0.1) is 0 Å². The van der Waals surface area contributed by atoms with Gasteiger partial charge in [-0.3, -0.25) is 0 Å². The van der Waals surface area contributed by atoms with Crippen molar-refractivity contribution in [3.8, 4) is 16.9 Å². The molecule has 0 spiro atoms. The number of phenols is 1. The summed E-state index contributed by atoms with van der Waals surface area (Å²) >= 11 is 6.11. The van der Waals surface area contributed by atoms with Gasteiger partial charge in [0.1, 0.15) is 5.75 Å². The van der Waals surface area contributed by atoms with Gasteiger partial charge < -0.3 is 10.0 Å². The Kier molecular flexibility index (Phi) is 3.25. The lowest BCUT2D eigenvalue weighted by molar-refractivity contribution is 0.475. The van der Waals surface area contributed by atoms with Crippen LogP contribution in [-0.4, -0.2) is 19.2 Å². The highest BCUT2D eigenvalue weighted by Gasteiger charge is 2.05. The highest BCUT2D eigenvalue weighted by Crippen LogP contribution is 2.31. The first kappa shape index (κ1) is 11.8. The zero-order valence-corrected chi connectivity index (χ0v) is 10.6. The van der Waals surface area contributed by atoms with Crippen LogP contribution in [0.2, 0.25) is 5.02 Å². The van der Waals surface area contributed by atoms with Crippen LogP contribution in [0.4, 0.5) is 5.69 Å². The van der Waals surface area contributed by atoms with E-state index >= 15 is 0 Å². The monoisotopic (exact) mass is 247 g/mol. The normalized spacial score (nSPS) is 10.3. The standard InChI is InChI=1S/C14H14ClNO/c1-16(2)11-5-3-10(4-6-11)13-9-12(17)7-8-14(13)15/h3-9,17H,1-2H3. The van der Waals surface area contributed by atoms with Crippen molar-refractivity contribution in [2.75, 3.05) is 19.0 Å². The van der Waals surface area contributed by atoms with Crippen LogP contribution in [0.15, 0.2) is 42.5 Å². The van der Waals surface area contributed by atoms with E-state index < -0.39 is 0 Å². The smallest absolute Gasteiger partial charge is 0.116 e. The molecule has 3 heteroatoms. The van der Waals surface area contributed by atoms with E-state index in [9.17, 15) is 5.11 Å². The summed E-state index contributed by atoms with van der Waals surface area (Å²) in [4.78, 5) is 2.04. The van der Waals surface area contributed by atoms with Crippen molar-refractivity contribution in [2.45, 2.75) is 0 Å². The summed E-state index contributed by atoms with van der Waals surface area (Å²) in [5.41, 5.74) is 2.97. The van der Waals surface area contributed by atoms with Gasteiger partial charge in [0.15, 0.2) is 0 Å². The summed E-state index contributed by atoms with van der Waals surface area (Å²) in [6, 6.07) is 13.0. The molecule has 0 fully saturated rings. The molecule has 0 aromatic heterocycles. The first-order valence-corrected chi connectivity index (χ1v) is 5.72. The molecule has 0 amide bonds. The average molecular weight is 248 g/mol. The Hall–Kier alpha value is -1.67. The predicted octanol–water partition coefficient (Wildman–Crippen LogP) is 3.78. The van der Waals surface area contributed by atoms with Crippen molar-refractivity contribution in [1.29, 1.82) is 0 Å². The van der Waals surface area contributed by atoms with Crippen molar-refractivity contribution in [3.05, 3.63) is 47.5 Å². The third kappa shape index (κ3) is 2.53. The highest BCUT2D eigenvalue weighted by molar-refractivity contribution is 6.33. The Bertz CT molecular complexity index is 520. The largest absolute Gasteiger partial charge is 0.508 e. The van der Waals surface area contributed by atoms with Crippen molar-refractivity contribution >= 4 is 17.3 Å². The van der Waals surface area contributed by atoms with Gasteiger partial charge in [0.25, 0.3) is 0 Å². The van der Waals surface area contributed by atoms with Gasteiger partial charge in [0.2, 0.25) is 0 Å². The number of halogens is 1. The molecule has 0 aliphatic rings. The van der Waals surface area contributed by atoms with Crippen LogP contribution in [0.1, 0.15) is 0 Å². The fourth-order valence-corrected chi connectivity index (χ4v) is 1.90. The van der Waals surface area contributed by atoms with Crippen molar-refractivity contribution in [1.82, 2.24) is 0 Å². The molecule has 0 saturated heterocycles. The van der Waals surface area contributed by atoms with Gasteiger partial charge in [-0.1, -0.05) is 23.7 Å². The lowest BCUT2D eigenvalue weighted by Gasteiger charge is -2.13. The van der Waals surface area contributed by atoms with Crippen LogP contribution >= 0.6 is 11.6 Å². The van der Waals surface area contributed by atoms with Gasteiger partial charge >= 0.3 is 0 Å². The van der Waals surface area contributed by atoms with Gasteiger partial charge in [-0.05, 0) is 35.9 Å². The maximum absolute atomic E-state index is 9.47. The molecule has 0 aliphatic carbocycles. The Labute approximate surface area is 106 Å². The second kappa shape index (κ2) is 4.68. The molecule has 0 atom stereocenters. The van der Waals surface area contributed by atoms with Crippen LogP contribution in [0.3, 0.4) is 0 Å². The summed E-state index contributed by atoms with van der Waals surface area (Å²) in [5.74, 6) is 0.223. The van der Waals surface area contributed by atoms with E-state index in [1.807, 2.05) is 43.3 Å². The Morgan fingerprint density at radius 3 is 2.24 bits per heavy atom. The maximum Gasteiger partial charge on any atom is 0.116 e. The lowest BCUT2D eigenvalue weighted by Crippen LogP contribution is -2.07. The molecule has 0 radical (unpaired) electrons. The first-order chi connectivity index (χ1) is 8.08. The fourth-order valence-electron chi connectivity index (χ4n) is 1.67. The Morgan fingerprint density at radius 1 is 1.00 bits per heavy atom. The SMILES string of the molecule is CN(C)c1ccc(-c2cc(O)ccc2Cl)cc1. The van der Waals surface area contributed by atoms with Crippen LogP contribution in [0.5, 0.6) is 5.75 Å². The molecule has 0 heterocycles. The number of phenolic OH excluding ortho intramolecular Hbond substituents is 1. The summed E-state index contributed by atoms with van der Waals surface area (Å²) in [6.07, 6.45) is 0. The highest BCUT2D eigenvalue weighted by atomic mass is 35.5. The minimum absolute atomic E-state index is 0.223. The number of nitrogens with zero attached hydrogens (tertiary/aromatic N) is 1. The minimum atomic E-state index is 0.223. The molecule has 2 nitrogen and oxygen atoms in total. The van der Waals surface area contributed by atoms with Crippen molar-refractivity contribution < 1.29 is 5.11 Å². The number of rotatable bonds is 2. The molecule has 88 valence electrons. The second-order valence-electron chi connectivity index (χ2n) is 4.11. The summed E-state index contributed by atoms with van der Waals surface area (Å²) < 4.78 is 0. The van der Waals surface area contributed by atoms with Crippen LogP contribution in [0.25, 0.3) is 11.1 Å². The molecule has 0 bridgehead atoms. The Balaban J connectivity index is 2.43. The summed E-state index contributed by atoms with van der Waals surface area (Å²) in [7, 11) is 3.99. The zero-order valence-electron chi connectivity index (χ0n) is 9.81. The second-order valence-corrected chi connectivity index (χ2v) is 4.51. The number of aromatic hydroxyl groups is 1. The molecule has 2 rings (SSSR count). The maximum atomic E-state index is 9.47. The van der Waals surface area contributed by atoms with Gasteiger partial charge in [0, 0.05) is 30.4 Å². The van der Waals surface area contributed by atoms with Crippen molar-refractivity contribution in [2.24, 2.45) is 0 Å². The van der Waals surface area contributed by atoms with Crippen LogP contribution < -0.4 is 4.90 Å². The average Bonchev–Trinajstić information content (AvgIpc) is 2.32. The Morgan fingerprint density at radius 2 is 1.65 bits per heavy atom. The molecule has 2 aromatic rings. The van der Waals surface area contributed by atoms with Crippen LogP contribution in [0, 0.1) is 0 Å². The van der Waals surface area contributed by atoms with E-state index in [1.54, 1.807) is 18.2 Å². The van der Waals surface area contributed by atoms with Gasteiger partial charge in [-0.15, -0.1) is 0 Å². The van der Waals surface area contributed by atoms with E-state index in [2.05, 4.69) is 0 Å². The quantitative estimate of drug-likeness (QED) is 0.873. The van der Waals surface area contributed by atoms with E-state index in [1.165, 1.54) is 0 Å². The van der Waals surface area contributed by atoms with E-state index in [0.717, 1.165) is 16.8 Å². The van der Waals surface area contributed by atoms with Gasteiger partial charge in [-0.25, -0.2) is 0 Å². The fraction of sp³-hybridized carbons (Fsp3) is 0.143. The number of benzene rings is 2. The number of hydrogen-bond donors (Lipinski definition) is 1. The first-order valence-electron chi connectivity index (χ1n) is 5.34. The molecular formula is C14H14ClNO. The van der Waals surface area contributed by atoms with E-state index in [-0.39, 0.29) is 5.75 Å². The van der Waals surface area contributed by atoms with Crippen LogP contribution in [-0.2, 0) is 0 Å². The summed E-state index contributed by atoms with van der Waals surface area (Å²) in [5, 5.41) is 10.1. The van der Waals surface area contributed by atoms with E-state index in [0.29, 0.717) is 5.02 Å². The lowest BCUT2D eigenvalue weighted by atomic mass is 10.0. The molecule has 2 aromatic carbocycles.